The third kappa shape index (κ3) is 4.25. The van der Waals surface area contributed by atoms with Gasteiger partial charge in [-0.1, -0.05) is 44.2 Å². The molecule has 0 aliphatic heterocycles. The summed E-state index contributed by atoms with van der Waals surface area (Å²) in [5, 5.41) is 8.99. The largest absolute Gasteiger partial charge is 0.273 e. The molecule has 0 spiro atoms. The van der Waals surface area contributed by atoms with Crippen LogP contribution in [0.3, 0.4) is 0 Å². The van der Waals surface area contributed by atoms with Gasteiger partial charge in [-0.3, -0.25) is 9.63 Å². The zero-order valence-corrected chi connectivity index (χ0v) is 10.0. The summed E-state index contributed by atoms with van der Waals surface area (Å²) in [6.07, 6.45) is 0. The zero-order valence-electron chi connectivity index (χ0n) is 10.0. The molecule has 90 valence electrons. The minimum Gasteiger partial charge on any atom is -0.273 e. The van der Waals surface area contributed by atoms with E-state index in [0.717, 1.165) is 0 Å². The Bertz CT molecular complexity index is 396. The van der Waals surface area contributed by atoms with E-state index in [2.05, 4.69) is 5.48 Å². The molecule has 4 heteroatoms. The van der Waals surface area contributed by atoms with Crippen LogP contribution in [0.25, 0.3) is 0 Å². The first-order valence-corrected chi connectivity index (χ1v) is 5.51. The fourth-order valence-corrected chi connectivity index (χ4v) is 1.27. The molecule has 1 N–H and O–H groups in total. The van der Waals surface area contributed by atoms with Crippen molar-refractivity contribution >= 4 is 5.91 Å². The molecular formula is C13H16N2O2. The van der Waals surface area contributed by atoms with Gasteiger partial charge in [0, 0.05) is 0 Å². The lowest BCUT2D eigenvalue weighted by Gasteiger charge is -2.11. The van der Waals surface area contributed by atoms with Crippen LogP contribution >= 0.6 is 0 Å². The van der Waals surface area contributed by atoms with E-state index >= 15 is 0 Å². The second-order valence-corrected chi connectivity index (χ2v) is 4.14. The Morgan fingerprint density at radius 2 is 2.06 bits per heavy atom. The Hall–Kier alpha value is -1.86. The summed E-state index contributed by atoms with van der Waals surface area (Å²) < 4.78 is 0. The summed E-state index contributed by atoms with van der Waals surface area (Å²) in [5.41, 5.74) is 2.97. The van der Waals surface area contributed by atoms with Crippen LogP contribution in [0.2, 0.25) is 0 Å². The van der Waals surface area contributed by atoms with Crippen LogP contribution in [0.15, 0.2) is 30.3 Å². The SMILES string of the molecule is CC(C)CONC(=O)C(C#N)c1ccccc1. The third-order valence-electron chi connectivity index (χ3n) is 2.11. The van der Waals surface area contributed by atoms with Crippen LogP contribution in [0.1, 0.15) is 25.3 Å². The van der Waals surface area contributed by atoms with Crippen molar-refractivity contribution in [3.63, 3.8) is 0 Å². The number of carbonyl (C=O) groups excluding carboxylic acids is 1. The highest BCUT2D eigenvalue weighted by Gasteiger charge is 2.19. The fraction of sp³-hybridized carbons (Fsp3) is 0.385. The maximum atomic E-state index is 11.7. The van der Waals surface area contributed by atoms with Crippen LogP contribution in [0.5, 0.6) is 0 Å². The topological polar surface area (TPSA) is 62.1 Å². The van der Waals surface area contributed by atoms with E-state index in [1.54, 1.807) is 24.3 Å². The quantitative estimate of drug-likeness (QED) is 0.790. The standard InChI is InChI=1S/C13H16N2O2/c1-10(2)9-17-15-13(16)12(8-14)11-6-4-3-5-7-11/h3-7,10,12H,9H2,1-2H3,(H,15,16). The molecule has 0 bridgehead atoms. The number of benzene rings is 1. The number of carbonyl (C=O) groups is 1. The average Bonchev–Trinajstić information content (AvgIpc) is 2.31. The molecule has 1 aromatic rings. The van der Waals surface area contributed by atoms with Crippen molar-refractivity contribution in [3.05, 3.63) is 35.9 Å². The van der Waals surface area contributed by atoms with Crippen molar-refractivity contribution in [2.75, 3.05) is 6.61 Å². The van der Waals surface area contributed by atoms with Crippen LogP contribution in [0.4, 0.5) is 0 Å². The number of hydroxylamine groups is 1. The summed E-state index contributed by atoms with van der Waals surface area (Å²) in [4.78, 5) is 16.7. The lowest BCUT2D eigenvalue weighted by atomic mass is 10.0. The maximum Gasteiger partial charge on any atom is 0.265 e. The van der Waals surface area contributed by atoms with Gasteiger partial charge in [-0.2, -0.15) is 5.26 Å². The van der Waals surface area contributed by atoms with E-state index in [1.165, 1.54) is 0 Å². The van der Waals surface area contributed by atoms with Gasteiger partial charge in [0.1, 0.15) is 0 Å². The van der Waals surface area contributed by atoms with E-state index in [1.807, 2.05) is 26.0 Å². The minimum atomic E-state index is -0.830. The van der Waals surface area contributed by atoms with Crippen LogP contribution < -0.4 is 5.48 Å². The Morgan fingerprint density at radius 3 is 2.59 bits per heavy atom. The van der Waals surface area contributed by atoms with Gasteiger partial charge in [0.05, 0.1) is 12.7 Å². The van der Waals surface area contributed by atoms with E-state index in [-0.39, 0.29) is 0 Å². The van der Waals surface area contributed by atoms with Gasteiger partial charge >= 0.3 is 0 Å². The summed E-state index contributed by atoms with van der Waals surface area (Å²) in [7, 11) is 0. The van der Waals surface area contributed by atoms with Gasteiger partial charge in [-0.25, -0.2) is 5.48 Å². The second kappa shape index (κ2) is 6.66. The van der Waals surface area contributed by atoms with Crippen LogP contribution in [-0.2, 0) is 9.63 Å². The van der Waals surface area contributed by atoms with Crippen molar-refractivity contribution < 1.29 is 9.63 Å². The van der Waals surface area contributed by atoms with Crippen LogP contribution in [-0.4, -0.2) is 12.5 Å². The molecule has 17 heavy (non-hydrogen) atoms. The predicted octanol–water partition coefficient (Wildman–Crippen LogP) is 2.00. The maximum absolute atomic E-state index is 11.7. The first-order chi connectivity index (χ1) is 8.15. The van der Waals surface area contributed by atoms with E-state index in [0.29, 0.717) is 18.1 Å². The minimum absolute atomic E-state index is 0.326. The third-order valence-corrected chi connectivity index (χ3v) is 2.11. The van der Waals surface area contributed by atoms with Crippen molar-refractivity contribution in [2.45, 2.75) is 19.8 Å². The molecular weight excluding hydrogens is 216 g/mol. The number of rotatable bonds is 5. The number of nitrogens with zero attached hydrogens (tertiary/aromatic N) is 1. The van der Waals surface area contributed by atoms with E-state index in [9.17, 15) is 4.79 Å². The number of hydrogen-bond donors (Lipinski definition) is 1. The molecule has 1 atom stereocenters. The monoisotopic (exact) mass is 232 g/mol. The average molecular weight is 232 g/mol. The second-order valence-electron chi connectivity index (χ2n) is 4.14. The molecule has 1 amide bonds. The first-order valence-electron chi connectivity index (χ1n) is 5.51. The number of nitriles is 1. The predicted molar refractivity (Wildman–Crippen MR) is 63.7 cm³/mol. The highest BCUT2D eigenvalue weighted by atomic mass is 16.6. The zero-order chi connectivity index (χ0) is 12.7. The van der Waals surface area contributed by atoms with E-state index in [4.69, 9.17) is 10.1 Å². The Morgan fingerprint density at radius 1 is 1.41 bits per heavy atom. The molecule has 0 aromatic heterocycles. The Kier molecular flexibility index (Phi) is 5.18. The Balaban J connectivity index is 2.57. The van der Waals surface area contributed by atoms with Gasteiger partial charge < -0.3 is 0 Å². The molecule has 0 aliphatic rings. The van der Waals surface area contributed by atoms with Crippen molar-refractivity contribution in [3.8, 4) is 6.07 Å². The van der Waals surface area contributed by atoms with Crippen molar-refractivity contribution in [2.24, 2.45) is 5.92 Å². The molecule has 0 saturated heterocycles. The summed E-state index contributed by atoms with van der Waals surface area (Å²) in [6.45, 7) is 4.38. The molecule has 0 radical (unpaired) electrons. The first kappa shape index (κ1) is 13.2. The van der Waals surface area contributed by atoms with Gasteiger partial charge in [-0.15, -0.1) is 0 Å². The van der Waals surface area contributed by atoms with Crippen LogP contribution in [0, 0.1) is 17.2 Å². The number of nitrogens with one attached hydrogen (secondary N) is 1. The molecule has 1 unspecified atom stereocenters. The van der Waals surface area contributed by atoms with Crippen molar-refractivity contribution in [1.82, 2.24) is 5.48 Å². The molecule has 4 nitrogen and oxygen atoms in total. The van der Waals surface area contributed by atoms with Crippen molar-refractivity contribution in [1.29, 1.82) is 5.26 Å². The smallest absolute Gasteiger partial charge is 0.265 e. The summed E-state index contributed by atoms with van der Waals surface area (Å²) in [6, 6.07) is 10.9. The Labute approximate surface area is 101 Å². The van der Waals surface area contributed by atoms with Gasteiger partial charge in [0.15, 0.2) is 5.92 Å². The normalized spacial score (nSPS) is 11.9. The number of hydrogen-bond acceptors (Lipinski definition) is 3. The van der Waals surface area contributed by atoms with E-state index < -0.39 is 11.8 Å². The van der Waals surface area contributed by atoms with Gasteiger partial charge in [-0.05, 0) is 11.5 Å². The lowest BCUT2D eigenvalue weighted by Crippen LogP contribution is -2.30. The molecule has 1 aromatic carbocycles. The lowest BCUT2D eigenvalue weighted by molar-refractivity contribution is -0.134. The molecule has 0 fully saturated rings. The summed E-state index contributed by atoms with van der Waals surface area (Å²) >= 11 is 0. The molecule has 0 aliphatic carbocycles. The van der Waals surface area contributed by atoms with Gasteiger partial charge in [0.2, 0.25) is 0 Å². The molecule has 0 heterocycles. The highest BCUT2D eigenvalue weighted by Crippen LogP contribution is 2.14. The fourth-order valence-electron chi connectivity index (χ4n) is 1.27. The number of amides is 1. The van der Waals surface area contributed by atoms with Gasteiger partial charge in [0.25, 0.3) is 5.91 Å². The highest BCUT2D eigenvalue weighted by molar-refractivity contribution is 5.85. The molecule has 1 rings (SSSR count). The molecule has 0 saturated carbocycles. The summed E-state index contributed by atoms with van der Waals surface area (Å²) in [5.74, 6) is -0.935.